The van der Waals surface area contributed by atoms with Crippen LogP contribution in [-0.4, -0.2) is 54.4 Å². The zero-order valence-electron chi connectivity index (χ0n) is 16.8. The molecule has 3 rings (SSSR count). The minimum Gasteiger partial charge on any atom is -0.360 e. The molecule has 0 atom stereocenters. The van der Waals surface area contributed by atoms with Crippen molar-refractivity contribution in [3.8, 4) is 0 Å². The third kappa shape index (κ3) is 7.56. The molecule has 0 radical (unpaired) electrons. The van der Waals surface area contributed by atoms with Crippen molar-refractivity contribution >= 4 is 41.5 Å². The van der Waals surface area contributed by atoms with Crippen molar-refractivity contribution in [2.75, 3.05) is 37.6 Å². The molecule has 1 aliphatic heterocycles. The van der Waals surface area contributed by atoms with Crippen molar-refractivity contribution < 1.29 is 4.79 Å². The van der Waals surface area contributed by atoms with Gasteiger partial charge in [-0.05, 0) is 37.1 Å². The highest BCUT2D eigenvalue weighted by Crippen LogP contribution is 2.16. The van der Waals surface area contributed by atoms with Crippen LogP contribution in [0.1, 0.15) is 18.9 Å². The number of aromatic nitrogens is 2. The Balaban J connectivity index is 0.00000300. The number of rotatable bonds is 8. The zero-order chi connectivity index (χ0) is 19.6. The van der Waals surface area contributed by atoms with E-state index in [1.807, 2.05) is 16.9 Å². The van der Waals surface area contributed by atoms with Gasteiger partial charge in [0.15, 0.2) is 5.96 Å². The fraction of sp³-hybridized carbons (Fsp3) is 0.450. The van der Waals surface area contributed by atoms with Crippen LogP contribution in [-0.2, 0) is 17.9 Å². The van der Waals surface area contributed by atoms with E-state index in [1.165, 1.54) is 0 Å². The van der Waals surface area contributed by atoms with Gasteiger partial charge in [0, 0.05) is 50.8 Å². The smallest absolute Gasteiger partial charge is 0.239 e. The second-order valence-electron chi connectivity index (χ2n) is 6.68. The molecule has 1 amide bonds. The maximum Gasteiger partial charge on any atom is 0.239 e. The van der Waals surface area contributed by atoms with Crippen molar-refractivity contribution in [3.05, 3.63) is 48.3 Å². The van der Waals surface area contributed by atoms with Gasteiger partial charge in [0.1, 0.15) is 0 Å². The minimum atomic E-state index is 0. The number of amides is 1. The minimum absolute atomic E-state index is 0. The molecule has 2 aromatic rings. The van der Waals surface area contributed by atoms with Gasteiger partial charge in [0.25, 0.3) is 0 Å². The van der Waals surface area contributed by atoms with Crippen molar-refractivity contribution in [1.29, 1.82) is 0 Å². The van der Waals surface area contributed by atoms with Gasteiger partial charge in [-0.2, -0.15) is 5.10 Å². The molecule has 0 saturated carbocycles. The molecular weight excluding hydrogens is 481 g/mol. The lowest BCUT2D eigenvalue weighted by Gasteiger charge is -2.28. The van der Waals surface area contributed by atoms with Crippen LogP contribution in [0.5, 0.6) is 0 Å². The second kappa shape index (κ2) is 12.3. The Morgan fingerprint density at radius 2 is 2.10 bits per heavy atom. The normalized spacial score (nSPS) is 14.2. The quantitative estimate of drug-likeness (QED) is 0.217. The molecule has 1 aromatic heterocycles. The van der Waals surface area contributed by atoms with E-state index in [2.05, 4.69) is 62.1 Å². The number of aryl methyl sites for hydroxylation is 1. The highest BCUT2D eigenvalue weighted by molar-refractivity contribution is 14.0. The lowest BCUT2D eigenvalue weighted by atomic mass is 10.2. The molecule has 0 bridgehead atoms. The molecular formula is C20H30IN7O. The maximum atomic E-state index is 11.5. The van der Waals surface area contributed by atoms with Gasteiger partial charge in [0.2, 0.25) is 5.91 Å². The number of nitrogens with zero attached hydrogens (tertiary/aromatic N) is 4. The number of carbonyl (C=O) groups is 1. The van der Waals surface area contributed by atoms with Gasteiger partial charge < -0.3 is 20.9 Å². The van der Waals surface area contributed by atoms with Crippen LogP contribution in [0.15, 0.2) is 47.7 Å². The van der Waals surface area contributed by atoms with Crippen LogP contribution in [0.2, 0.25) is 0 Å². The van der Waals surface area contributed by atoms with E-state index in [9.17, 15) is 4.79 Å². The molecule has 1 fully saturated rings. The Kier molecular flexibility index (Phi) is 9.75. The Morgan fingerprint density at radius 3 is 2.79 bits per heavy atom. The van der Waals surface area contributed by atoms with Crippen LogP contribution in [0.3, 0.4) is 0 Å². The standard InChI is InChI=1S/C20H29N7O.HI/c1-2-21-20(23-9-3-12-27-13-4-10-25-27)24-15-17-5-7-18(8-6-17)26-14-11-22-19(28)16-26;/h4-8,10,13H,2-3,9,11-12,14-16H2,1H3,(H,22,28)(H2,21,23,24);1H. The summed E-state index contributed by atoms with van der Waals surface area (Å²) in [7, 11) is 0. The van der Waals surface area contributed by atoms with Gasteiger partial charge >= 0.3 is 0 Å². The molecule has 3 N–H and O–H groups in total. The molecule has 1 aromatic carbocycles. The second-order valence-corrected chi connectivity index (χ2v) is 6.68. The first-order chi connectivity index (χ1) is 13.7. The van der Waals surface area contributed by atoms with E-state index in [4.69, 9.17) is 0 Å². The van der Waals surface area contributed by atoms with Crippen molar-refractivity contribution in [1.82, 2.24) is 25.7 Å². The molecule has 29 heavy (non-hydrogen) atoms. The topological polar surface area (TPSA) is 86.6 Å². The number of guanidine groups is 1. The molecule has 0 spiro atoms. The zero-order valence-corrected chi connectivity index (χ0v) is 19.1. The number of nitrogens with one attached hydrogen (secondary N) is 3. The molecule has 9 heteroatoms. The van der Waals surface area contributed by atoms with E-state index in [-0.39, 0.29) is 29.9 Å². The number of benzene rings is 1. The van der Waals surface area contributed by atoms with Crippen molar-refractivity contribution in [3.63, 3.8) is 0 Å². The predicted octanol–water partition coefficient (Wildman–Crippen LogP) is 1.58. The monoisotopic (exact) mass is 511 g/mol. The number of hydrogen-bond donors (Lipinski definition) is 3. The van der Waals surface area contributed by atoms with Gasteiger partial charge in [-0.15, -0.1) is 24.0 Å². The van der Waals surface area contributed by atoms with E-state index in [0.29, 0.717) is 19.6 Å². The third-order valence-corrected chi connectivity index (χ3v) is 4.52. The lowest BCUT2D eigenvalue weighted by Crippen LogP contribution is -2.47. The fourth-order valence-corrected chi connectivity index (χ4v) is 3.06. The average molecular weight is 511 g/mol. The number of halogens is 1. The van der Waals surface area contributed by atoms with Gasteiger partial charge in [-0.1, -0.05) is 12.1 Å². The number of hydrogen-bond acceptors (Lipinski definition) is 4. The summed E-state index contributed by atoms with van der Waals surface area (Å²) in [6.07, 6.45) is 4.74. The summed E-state index contributed by atoms with van der Waals surface area (Å²) in [6, 6.07) is 10.2. The SMILES string of the molecule is CCNC(=NCc1ccc(N2CCNC(=O)C2)cc1)NCCCn1cccn1.I. The molecule has 2 heterocycles. The molecule has 0 aliphatic carbocycles. The highest BCUT2D eigenvalue weighted by Gasteiger charge is 2.16. The predicted molar refractivity (Wildman–Crippen MR) is 127 cm³/mol. The van der Waals surface area contributed by atoms with E-state index in [0.717, 1.165) is 49.8 Å². The summed E-state index contributed by atoms with van der Waals surface area (Å²) in [5.41, 5.74) is 2.21. The van der Waals surface area contributed by atoms with Crippen molar-refractivity contribution in [2.24, 2.45) is 4.99 Å². The Labute approximate surface area is 189 Å². The van der Waals surface area contributed by atoms with E-state index < -0.39 is 0 Å². The van der Waals surface area contributed by atoms with Gasteiger partial charge in [0.05, 0.1) is 13.1 Å². The van der Waals surface area contributed by atoms with Crippen LogP contribution < -0.4 is 20.9 Å². The van der Waals surface area contributed by atoms with Crippen molar-refractivity contribution in [2.45, 2.75) is 26.4 Å². The van der Waals surface area contributed by atoms with Crippen LogP contribution in [0, 0.1) is 0 Å². The molecule has 158 valence electrons. The highest BCUT2D eigenvalue weighted by atomic mass is 127. The van der Waals surface area contributed by atoms with E-state index >= 15 is 0 Å². The number of anilines is 1. The first-order valence-electron chi connectivity index (χ1n) is 9.85. The molecule has 1 aliphatic rings. The Bertz CT molecular complexity index is 762. The largest absolute Gasteiger partial charge is 0.360 e. The Hall–Kier alpha value is -2.30. The van der Waals surface area contributed by atoms with Crippen LogP contribution >= 0.6 is 24.0 Å². The summed E-state index contributed by atoms with van der Waals surface area (Å²) in [5, 5.41) is 13.7. The maximum absolute atomic E-state index is 11.5. The first kappa shape index (κ1) is 23.0. The Morgan fingerprint density at radius 1 is 1.28 bits per heavy atom. The van der Waals surface area contributed by atoms with Gasteiger partial charge in [-0.3, -0.25) is 9.48 Å². The van der Waals surface area contributed by atoms with Crippen LogP contribution in [0.25, 0.3) is 0 Å². The number of carbonyl (C=O) groups excluding carboxylic acids is 1. The molecule has 8 nitrogen and oxygen atoms in total. The summed E-state index contributed by atoms with van der Waals surface area (Å²) in [5.74, 6) is 0.897. The summed E-state index contributed by atoms with van der Waals surface area (Å²) in [4.78, 5) is 18.3. The summed E-state index contributed by atoms with van der Waals surface area (Å²) >= 11 is 0. The number of aliphatic imine (C=N–C) groups is 1. The van der Waals surface area contributed by atoms with E-state index in [1.54, 1.807) is 6.20 Å². The summed E-state index contributed by atoms with van der Waals surface area (Å²) < 4.78 is 1.93. The number of piperazine rings is 1. The first-order valence-corrected chi connectivity index (χ1v) is 9.85. The van der Waals surface area contributed by atoms with Crippen LogP contribution in [0.4, 0.5) is 5.69 Å². The van der Waals surface area contributed by atoms with Gasteiger partial charge in [-0.25, -0.2) is 4.99 Å². The molecule has 0 unspecified atom stereocenters. The summed E-state index contributed by atoms with van der Waals surface area (Å²) in [6.45, 7) is 7.17. The molecule has 1 saturated heterocycles. The third-order valence-electron chi connectivity index (χ3n) is 4.52. The fourth-order valence-electron chi connectivity index (χ4n) is 3.06. The lowest BCUT2D eigenvalue weighted by molar-refractivity contribution is -0.120. The average Bonchev–Trinajstić information content (AvgIpc) is 3.23.